The van der Waals surface area contributed by atoms with Crippen molar-refractivity contribution in [3.8, 4) is 0 Å². The second-order valence-corrected chi connectivity index (χ2v) is 9.07. The Kier molecular flexibility index (Phi) is 5.41. The molecule has 3 rings (SSSR count). The molecule has 0 amide bonds. The molecular weight excluding hydrogens is 388 g/mol. The van der Waals surface area contributed by atoms with Crippen LogP contribution in [0, 0.1) is 0 Å². The molecule has 0 N–H and O–H groups in total. The summed E-state index contributed by atoms with van der Waals surface area (Å²) in [5.41, 5.74) is 0.893. The number of ether oxygens (including phenoxy) is 1. The molecule has 0 radical (unpaired) electrons. The minimum Gasteiger partial charge on any atom is -0.380 e. The predicted octanol–water partition coefficient (Wildman–Crippen LogP) is 3.74. The Labute approximate surface area is 152 Å². The van der Waals surface area contributed by atoms with Crippen LogP contribution in [0.3, 0.4) is 0 Å². The third kappa shape index (κ3) is 3.73. The number of fused-ring (bicyclic) bond motifs is 1. The number of thiazole rings is 1. The van der Waals surface area contributed by atoms with Crippen molar-refractivity contribution >= 4 is 54.5 Å². The van der Waals surface area contributed by atoms with E-state index in [1.165, 1.54) is 11.3 Å². The Morgan fingerprint density at radius 2 is 2.17 bits per heavy atom. The van der Waals surface area contributed by atoms with Crippen molar-refractivity contribution in [2.24, 2.45) is 4.40 Å². The Hall–Kier alpha value is -1.19. The Balaban J connectivity index is 2.15. The highest BCUT2D eigenvalue weighted by Crippen LogP contribution is 2.23. The van der Waals surface area contributed by atoms with Gasteiger partial charge in [0.05, 0.1) is 16.8 Å². The third-order valence-electron chi connectivity index (χ3n) is 3.26. The molecule has 2 heterocycles. The number of rotatable bonds is 6. The minimum absolute atomic E-state index is 0.231. The summed E-state index contributed by atoms with van der Waals surface area (Å²) in [6, 6.07) is 8.72. The average molecular weight is 403 g/mol. The predicted molar refractivity (Wildman–Crippen MR) is 98.4 cm³/mol. The molecule has 0 unspecified atom stereocenters. The van der Waals surface area contributed by atoms with Crippen molar-refractivity contribution in [3.63, 3.8) is 0 Å². The fourth-order valence-electron chi connectivity index (χ4n) is 2.19. The first-order chi connectivity index (χ1) is 11.5. The highest BCUT2D eigenvalue weighted by Gasteiger charge is 2.15. The molecule has 9 heteroatoms. The van der Waals surface area contributed by atoms with Crippen molar-refractivity contribution < 1.29 is 13.2 Å². The molecule has 2 aromatic heterocycles. The molecule has 0 saturated heterocycles. The van der Waals surface area contributed by atoms with E-state index in [0.717, 1.165) is 21.6 Å². The minimum atomic E-state index is -3.72. The summed E-state index contributed by atoms with van der Waals surface area (Å²) in [6.45, 7) is 3.53. The van der Waals surface area contributed by atoms with E-state index < -0.39 is 10.0 Å². The number of sulfonamides is 1. The van der Waals surface area contributed by atoms with Gasteiger partial charge in [0.1, 0.15) is 4.21 Å². The number of hydrogen-bond donors (Lipinski definition) is 0. The summed E-state index contributed by atoms with van der Waals surface area (Å²) in [7, 11) is -3.72. The van der Waals surface area contributed by atoms with E-state index in [4.69, 9.17) is 16.3 Å². The molecule has 0 spiro atoms. The van der Waals surface area contributed by atoms with Crippen LogP contribution in [0.2, 0.25) is 5.02 Å². The molecule has 0 aliphatic rings. The highest BCUT2D eigenvalue weighted by atomic mass is 35.5. The van der Waals surface area contributed by atoms with Gasteiger partial charge in [-0.1, -0.05) is 29.0 Å². The smallest absolute Gasteiger partial charge is 0.294 e. The standard InChI is InChI=1S/C15H15ClN2O3S3/c1-2-21-8-7-18-12-6-5-11(16)10-13(12)23-15(18)17-24(19,20)14-4-3-9-22-14/h3-6,9-10H,2,7-8H2,1H3/b17-15-. The summed E-state index contributed by atoms with van der Waals surface area (Å²) in [4.78, 5) is 0.417. The van der Waals surface area contributed by atoms with E-state index in [-0.39, 0.29) is 4.21 Å². The molecule has 5 nitrogen and oxygen atoms in total. The second-order valence-electron chi connectivity index (χ2n) is 4.84. The van der Waals surface area contributed by atoms with Gasteiger partial charge in [0.2, 0.25) is 4.80 Å². The summed E-state index contributed by atoms with van der Waals surface area (Å²) in [5.74, 6) is 0. The van der Waals surface area contributed by atoms with Crippen LogP contribution in [0.5, 0.6) is 0 Å². The van der Waals surface area contributed by atoms with Gasteiger partial charge in [0.15, 0.2) is 0 Å². The second kappa shape index (κ2) is 7.37. The molecule has 0 bridgehead atoms. The van der Waals surface area contributed by atoms with Gasteiger partial charge >= 0.3 is 0 Å². The van der Waals surface area contributed by atoms with Gasteiger partial charge in [-0.3, -0.25) is 0 Å². The molecule has 1 aromatic carbocycles. The zero-order chi connectivity index (χ0) is 17.2. The quantitative estimate of drug-likeness (QED) is 0.590. The van der Waals surface area contributed by atoms with Crippen molar-refractivity contribution in [3.05, 3.63) is 45.5 Å². The molecule has 3 aromatic rings. The summed E-state index contributed by atoms with van der Waals surface area (Å²) in [6.07, 6.45) is 0. The Bertz CT molecular complexity index is 1000. The number of hydrogen-bond acceptors (Lipinski definition) is 5. The zero-order valence-corrected chi connectivity index (χ0v) is 16.0. The lowest BCUT2D eigenvalue weighted by atomic mass is 10.3. The van der Waals surface area contributed by atoms with Gasteiger partial charge in [-0.25, -0.2) is 0 Å². The van der Waals surface area contributed by atoms with Crippen LogP contribution in [-0.4, -0.2) is 26.2 Å². The molecule has 0 aliphatic carbocycles. The first-order valence-electron chi connectivity index (χ1n) is 7.22. The fraction of sp³-hybridized carbons (Fsp3) is 0.267. The third-order valence-corrected chi connectivity index (χ3v) is 7.29. The number of halogens is 1. The van der Waals surface area contributed by atoms with Crippen molar-refractivity contribution in [1.29, 1.82) is 0 Å². The lowest BCUT2D eigenvalue weighted by Crippen LogP contribution is -2.19. The highest BCUT2D eigenvalue weighted by molar-refractivity contribution is 7.92. The van der Waals surface area contributed by atoms with Crippen LogP contribution in [0.25, 0.3) is 10.2 Å². The van der Waals surface area contributed by atoms with Crippen LogP contribution in [0.15, 0.2) is 44.3 Å². The topological polar surface area (TPSA) is 60.7 Å². The SMILES string of the molecule is CCOCCn1/c(=N/S(=O)(=O)c2cccs2)sc2cc(Cl)ccc21. The van der Waals surface area contributed by atoms with E-state index in [0.29, 0.717) is 29.6 Å². The maximum absolute atomic E-state index is 12.5. The molecule has 0 aliphatic heterocycles. The maximum atomic E-state index is 12.5. The number of aromatic nitrogens is 1. The van der Waals surface area contributed by atoms with Crippen LogP contribution in [0.4, 0.5) is 0 Å². The number of benzene rings is 1. The van der Waals surface area contributed by atoms with Gasteiger partial charge in [0.25, 0.3) is 10.0 Å². The lowest BCUT2D eigenvalue weighted by molar-refractivity contribution is 0.139. The van der Waals surface area contributed by atoms with E-state index in [1.807, 2.05) is 23.6 Å². The molecule has 0 saturated carbocycles. The summed E-state index contributed by atoms with van der Waals surface area (Å²) < 4.78 is 37.4. The molecule has 0 fully saturated rings. The van der Waals surface area contributed by atoms with Crippen molar-refractivity contribution in [1.82, 2.24) is 4.57 Å². The largest absolute Gasteiger partial charge is 0.380 e. The van der Waals surface area contributed by atoms with E-state index in [9.17, 15) is 8.42 Å². The molecular formula is C15H15ClN2O3S3. The first-order valence-corrected chi connectivity index (χ1v) is 10.7. The number of thiophene rings is 1. The first kappa shape index (κ1) is 17.6. The van der Waals surface area contributed by atoms with Gasteiger partial charge in [-0.05, 0) is 36.6 Å². The van der Waals surface area contributed by atoms with Crippen LogP contribution < -0.4 is 4.80 Å². The Morgan fingerprint density at radius 1 is 1.33 bits per heavy atom. The zero-order valence-electron chi connectivity index (χ0n) is 12.8. The monoisotopic (exact) mass is 402 g/mol. The van der Waals surface area contributed by atoms with E-state index in [2.05, 4.69) is 4.40 Å². The normalized spacial score (nSPS) is 13.0. The van der Waals surface area contributed by atoms with E-state index in [1.54, 1.807) is 23.6 Å². The number of nitrogens with zero attached hydrogens (tertiary/aromatic N) is 2. The summed E-state index contributed by atoms with van der Waals surface area (Å²) >= 11 is 8.50. The van der Waals surface area contributed by atoms with Crippen molar-refractivity contribution in [2.45, 2.75) is 17.7 Å². The molecule has 24 heavy (non-hydrogen) atoms. The van der Waals surface area contributed by atoms with Gasteiger partial charge in [-0.15, -0.1) is 15.7 Å². The molecule has 0 atom stereocenters. The van der Waals surface area contributed by atoms with Crippen LogP contribution in [-0.2, 0) is 21.3 Å². The lowest BCUT2D eigenvalue weighted by Gasteiger charge is -2.05. The fourth-order valence-corrected chi connectivity index (χ4v) is 5.69. The van der Waals surface area contributed by atoms with Crippen LogP contribution in [0.1, 0.15) is 6.92 Å². The summed E-state index contributed by atoms with van der Waals surface area (Å²) in [5, 5.41) is 2.32. The van der Waals surface area contributed by atoms with Gasteiger partial charge in [0, 0.05) is 18.2 Å². The van der Waals surface area contributed by atoms with Crippen LogP contribution >= 0.6 is 34.3 Å². The maximum Gasteiger partial charge on any atom is 0.294 e. The van der Waals surface area contributed by atoms with Gasteiger partial charge in [-0.2, -0.15) is 8.42 Å². The van der Waals surface area contributed by atoms with Crippen molar-refractivity contribution in [2.75, 3.05) is 13.2 Å². The molecule has 128 valence electrons. The average Bonchev–Trinajstić information content (AvgIpc) is 3.16. The van der Waals surface area contributed by atoms with Gasteiger partial charge < -0.3 is 9.30 Å². The Morgan fingerprint density at radius 3 is 2.88 bits per heavy atom. The van der Waals surface area contributed by atoms with E-state index >= 15 is 0 Å².